The Bertz CT molecular complexity index is 308. The van der Waals surface area contributed by atoms with Crippen molar-refractivity contribution in [3.8, 4) is 5.88 Å². The van der Waals surface area contributed by atoms with Crippen molar-refractivity contribution < 1.29 is 9.57 Å². The number of aromatic nitrogens is 1. The molecular formula is C11H18N2O2. The molecule has 4 nitrogen and oxygen atoms in total. The number of nitrogens with zero attached hydrogens (tertiary/aromatic N) is 1. The van der Waals surface area contributed by atoms with Crippen molar-refractivity contribution in [1.82, 2.24) is 10.5 Å². The van der Waals surface area contributed by atoms with Crippen LogP contribution >= 0.6 is 0 Å². The van der Waals surface area contributed by atoms with Crippen LogP contribution < -0.4 is 10.2 Å². The van der Waals surface area contributed by atoms with Crippen LogP contribution in [0, 0.1) is 0 Å². The molecule has 0 bridgehead atoms. The van der Waals surface area contributed by atoms with E-state index in [1.165, 1.54) is 0 Å². The Hall–Kier alpha value is -1.13. The summed E-state index contributed by atoms with van der Waals surface area (Å²) in [6, 6.07) is 5.63. The standard InChI is InChI=1S/C11H18N2O2/c1-11(2,3)15-12-8-9-6-5-7-10(13-9)14-4/h5-7,12H,8H2,1-4H3. The molecule has 0 saturated heterocycles. The number of hydroxylamine groups is 1. The lowest BCUT2D eigenvalue weighted by Gasteiger charge is -2.19. The van der Waals surface area contributed by atoms with Gasteiger partial charge < -0.3 is 4.74 Å². The van der Waals surface area contributed by atoms with Gasteiger partial charge in [-0.15, -0.1) is 0 Å². The number of hydrogen-bond donors (Lipinski definition) is 1. The van der Waals surface area contributed by atoms with Crippen molar-refractivity contribution in [3.05, 3.63) is 23.9 Å². The van der Waals surface area contributed by atoms with E-state index in [9.17, 15) is 0 Å². The maximum absolute atomic E-state index is 5.38. The zero-order valence-electron chi connectivity index (χ0n) is 9.70. The van der Waals surface area contributed by atoms with Crippen LogP contribution in [-0.2, 0) is 11.4 Å². The van der Waals surface area contributed by atoms with Crippen LogP contribution in [0.15, 0.2) is 18.2 Å². The molecule has 0 unspecified atom stereocenters. The third kappa shape index (κ3) is 4.76. The fourth-order valence-corrected chi connectivity index (χ4v) is 0.996. The second kappa shape index (κ2) is 5.09. The molecule has 15 heavy (non-hydrogen) atoms. The minimum atomic E-state index is -0.196. The summed E-state index contributed by atoms with van der Waals surface area (Å²) in [5.41, 5.74) is 3.57. The van der Waals surface area contributed by atoms with Crippen LogP contribution in [0.5, 0.6) is 5.88 Å². The molecule has 0 radical (unpaired) electrons. The molecule has 0 fully saturated rings. The van der Waals surface area contributed by atoms with Crippen molar-refractivity contribution in [2.24, 2.45) is 0 Å². The molecule has 1 rings (SSSR count). The maximum atomic E-state index is 5.38. The molecule has 0 spiro atoms. The van der Waals surface area contributed by atoms with Crippen LogP contribution in [0.3, 0.4) is 0 Å². The fourth-order valence-electron chi connectivity index (χ4n) is 0.996. The quantitative estimate of drug-likeness (QED) is 0.771. The van der Waals surface area contributed by atoms with E-state index in [0.717, 1.165) is 5.69 Å². The Morgan fingerprint density at radius 3 is 2.67 bits per heavy atom. The van der Waals surface area contributed by atoms with Crippen LogP contribution in [0.1, 0.15) is 26.5 Å². The van der Waals surface area contributed by atoms with Crippen molar-refractivity contribution in [1.29, 1.82) is 0 Å². The Labute approximate surface area is 90.6 Å². The van der Waals surface area contributed by atoms with E-state index in [-0.39, 0.29) is 5.60 Å². The Morgan fingerprint density at radius 1 is 1.33 bits per heavy atom. The minimum absolute atomic E-state index is 0.196. The van der Waals surface area contributed by atoms with E-state index in [4.69, 9.17) is 9.57 Å². The molecule has 0 saturated carbocycles. The first-order valence-corrected chi connectivity index (χ1v) is 4.92. The number of pyridine rings is 1. The van der Waals surface area contributed by atoms with Crippen LogP contribution in [0.2, 0.25) is 0 Å². The van der Waals surface area contributed by atoms with Gasteiger partial charge >= 0.3 is 0 Å². The van der Waals surface area contributed by atoms with E-state index < -0.39 is 0 Å². The van der Waals surface area contributed by atoms with Crippen molar-refractivity contribution in [2.45, 2.75) is 32.9 Å². The first-order chi connectivity index (χ1) is 7.01. The smallest absolute Gasteiger partial charge is 0.213 e. The lowest BCUT2D eigenvalue weighted by molar-refractivity contribution is -0.0761. The molecule has 1 N–H and O–H groups in total. The molecule has 4 heteroatoms. The number of rotatable bonds is 4. The molecule has 84 valence electrons. The Kier molecular flexibility index (Phi) is 4.05. The van der Waals surface area contributed by atoms with Gasteiger partial charge in [0.15, 0.2) is 0 Å². The van der Waals surface area contributed by atoms with E-state index >= 15 is 0 Å². The average molecular weight is 210 g/mol. The molecule has 1 heterocycles. The van der Waals surface area contributed by atoms with E-state index in [0.29, 0.717) is 12.4 Å². The summed E-state index contributed by atoms with van der Waals surface area (Å²) in [5, 5.41) is 0. The van der Waals surface area contributed by atoms with Gasteiger partial charge in [0.25, 0.3) is 0 Å². The van der Waals surface area contributed by atoms with Gasteiger partial charge in [-0.2, -0.15) is 5.48 Å². The predicted octanol–water partition coefficient (Wildman–Crippen LogP) is 1.91. The number of methoxy groups -OCH3 is 1. The van der Waals surface area contributed by atoms with Crippen molar-refractivity contribution >= 4 is 0 Å². The molecule has 1 aromatic rings. The normalized spacial score (nSPS) is 11.5. The van der Waals surface area contributed by atoms with Gasteiger partial charge in [-0.1, -0.05) is 6.07 Å². The highest BCUT2D eigenvalue weighted by Crippen LogP contribution is 2.07. The maximum Gasteiger partial charge on any atom is 0.213 e. The molecular weight excluding hydrogens is 192 g/mol. The number of nitrogens with one attached hydrogen (secondary N) is 1. The zero-order chi connectivity index (χ0) is 11.3. The summed E-state index contributed by atoms with van der Waals surface area (Å²) in [4.78, 5) is 9.62. The molecule has 0 amide bonds. The Balaban J connectivity index is 2.44. The third-order valence-corrected chi connectivity index (χ3v) is 1.62. The van der Waals surface area contributed by atoms with Crippen LogP contribution in [-0.4, -0.2) is 17.7 Å². The van der Waals surface area contributed by atoms with Gasteiger partial charge in [0.05, 0.1) is 24.9 Å². The second-order valence-corrected chi connectivity index (χ2v) is 4.21. The number of ether oxygens (including phenoxy) is 1. The first kappa shape index (κ1) is 11.9. The van der Waals surface area contributed by atoms with Gasteiger partial charge in [0, 0.05) is 6.07 Å². The van der Waals surface area contributed by atoms with Crippen molar-refractivity contribution in [3.63, 3.8) is 0 Å². The van der Waals surface area contributed by atoms with E-state index in [2.05, 4.69) is 10.5 Å². The average Bonchev–Trinajstić information content (AvgIpc) is 2.16. The summed E-state index contributed by atoms with van der Waals surface area (Å²) >= 11 is 0. The summed E-state index contributed by atoms with van der Waals surface area (Å²) in [5.74, 6) is 0.616. The highest BCUT2D eigenvalue weighted by molar-refractivity contribution is 5.15. The third-order valence-electron chi connectivity index (χ3n) is 1.62. The fraction of sp³-hybridized carbons (Fsp3) is 0.545. The van der Waals surface area contributed by atoms with Gasteiger partial charge in [-0.25, -0.2) is 4.98 Å². The topological polar surface area (TPSA) is 43.4 Å². The van der Waals surface area contributed by atoms with Crippen LogP contribution in [0.4, 0.5) is 0 Å². The molecule has 0 aliphatic rings. The summed E-state index contributed by atoms with van der Waals surface area (Å²) in [6.07, 6.45) is 0. The lowest BCUT2D eigenvalue weighted by Crippen LogP contribution is -2.28. The molecule has 0 aromatic carbocycles. The van der Waals surface area contributed by atoms with E-state index in [1.807, 2.05) is 39.0 Å². The lowest BCUT2D eigenvalue weighted by atomic mass is 10.2. The van der Waals surface area contributed by atoms with Gasteiger partial charge in [-0.3, -0.25) is 4.84 Å². The molecule has 0 aliphatic carbocycles. The summed E-state index contributed by atoms with van der Waals surface area (Å²) < 4.78 is 5.02. The van der Waals surface area contributed by atoms with Crippen LogP contribution in [0.25, 0.3) is 0 Å². The monoisotopic (exact) mass is 210 g/mol. The van der Waals surface area contributed by atoms with Gasteiger partial charge in [0.2, 0.25) is 5.88 Å². The molecule has 1 aromatic heterocycles. The SMILES string of the molecule is COc1cccc(CNOC(C)(C)C)n1. The highest BCUT2D eigenvalue weighted by atomic mass is 16.7. The summed E-state index contributed by atoms with van der Waals surface area (Å²) in [6.45, 7) is 6.52. The number of hydrogen-bond acceptors (Lipinski definition) is 4. The van der Waals surface area contributed by atoms with Gasteiger partial charge in [-0.05, 0) is 26.8 Å². The van der Waals surface area contributed by atoms with Gasteiger partial charge in [0.1, 0.15) is 0 Å². The molecule has 0 aliphatic heterocycles. The second-order valence-electron chi connectivity index (χ2n) is 4.21. The summed E-state index contributed by atoms with van der Waals surface area (Å²) in [7, 11) is 1.60. The highest BCUT2D eigenvalue weighted by Gasteiger charge is 2.09. The minimum Gasteiger partial charge on any atom is -0.481 e. The zero-order valence-corrected chi connectivity index (χ0v) is 9.70. The first-order valence-electron chi connectivity index (χ1n) is 4.92. The largest absolute Gasteiger partial charge is 0.481 e. The van der Waals surface area contributed by atoms with E-state index in [1.54, 1.807) is 7.11 Å². The van der Waals surface area contributed by atoms with Crippen molar-refractivity contribution in [2.75, 3.05) is 7.11 Å². The molecule has 0 atom stereocenters. The predicted molar refractivity (Wildman–Crippen MR) is 58.5 cm³/mol. The Morgan fingerprint density at radius 2 is 2.07 bits per heavy atom.